The minimum atomic E-state index is -0.628. The summed E-state index contributed by atoms with van der Waals surface area (Å²) >= 11 is 1.12. The molecule has 1 N–H and O–H groups in total. The monoisotopic (exact) mass is 469 g/mol. The fraction of sp³-hybridized carbons (Fsp3) is 0.273. The molecule has 0 radical (unpaired) electrons. The molecule has 0 aliphatic carbocycles. The third kappa shape index (κ3) is 6.62. The molecule has 0 saturated heterocycles. The minimum absolute atomic E-state index is 0.0494. The predicted octanol–water partition coefficient (Wildman–Crippen LogP) is 2.73. The van der Waals surface area contributed by atoms with E-state index in [-0.39, 0.29) is 23.7 Å². The van der Waals surface area contributed by atoms with Gasteiger partial charge in [-0.05, 0) is 39.0 Å². The van der Waals surface area contributed by atoms with Gasteiger partial charge in [-0.15, -0.1) is 0 Å². The second-order valence-electron chi connectivity index (χ2n) is 6.81. The Kier molecular flexibility index (Phi) is 8.14. The van der Waals surface area contributed by atoms with Gasteiger partial charge in [0.25, 0.3) is 5.91 Å². The van der Waals surface area contributed by atoms with E-state index in [0.29, 0.717) is 10.8 Å². The number of rotatable bonds is 9. The molecule has 0 fully saturated rings. The van der Waals surface area contributed by atoms with Gasteiger partial charge in [-0.25, -0.2) is 19.4 Å². The summed E-state index contributed by atoms with van der Waals surface area (Å²) in [4.78, 5) is 45.3. The Morgan fingerprint density at radius 1 is 1.06 bits per heavy atom. The number of carbonyl (C=O) groups excluding carboxylic acids is 3. The van der Waals surface area contributed by atoms with E-state index < -0.39 is 24.5 Å². The number of ether oxygens (including phenoxy) is 2. The van der Waals surface area contributed by atoms with E-state index in [1.54, 1.807) is 31.2 Å². The number of para-hydroxylation sites is 1. The molecule has 0 aliphatic heterocycles. The van der Waals surface area contributed by atoms with Crippen molar-refractivity contribution < 1.29 is 23.9 Å². The largest absolute Gasteiger partial charge is 0.462 e. The van der Waals surface area contributed by atoms with E-state index in [1.165, 1.54) is 10.9 Å². The molecule has 0 aliphatic rings. The van der Waals surface area contributed by atoms with E-state index in [4.69, 9.17) is 9.47 Å². The quantitative estimate of drug-likeness (QED) is 0.286. The molecule has 2 aromatic heterocycles. The zero-order valence-electron chi connectivity index (χ0n) is 18.4. The highest BCUT2D eigenvalue weighted by atomic mass is 32.2. The van der Waals surface area contributed by atoms with Crippen molar-refractivity contribution >= 4 is 35.4 Å². The first kappa shape index (κ1) is 23.9. The number of nitrogens with zero attached hydrogens (tertiary/aromatic N) is 4. The van der Waals surface area contributed by atoms with Gasteiger partial charge in [-0.1, -0.05) is 30.0 Å². The molecular formula is C22H23N5O5S. The Bertz CT molecular complexity index is 1130. The maximum Gasteiger partial charge on any atom is 0.343 e. The normalized spacial score (nSPS) is 10.5. The molecule has 0 spiro atoms. The number of amides is 1. The number of hydrogen-bond acceptors (Lipinski definition) is 9. The lowest BCUT2D eigenvalue weighted by atomic mass is 10.3. The zero-order valence-corrected chi connectivity index (χ0v) is 19.2. The van der Waals surface area contributed by atoms with Crippen molar-refractivity contribution in [1.29, 1.82) is 0 Å². The standard InChI is InChI=1S/C22H23N5O5S/c1-4-31-21(30)17-11-23-27(16-8-6-5-7-9-16)20(17)26-18(28)12-32-19(29)13-33-22-24-14(2)10-15(3)25-22/h5-11H,4,12-13H2,1-3H3,(H,26,28). The SMILES string of the molecule is CCOC(=O)c1cnn(-c2ccccc2)c1NC(=O)COC(=O)CSc1nc(C)cc(C)n1. The molecule has 1 amide bonds. The van der Waals surface area contributed by atoms with Gasteiger partial charge in [0.15, 0.2) is 17.6 Å². The molecule has 33 heavy (non-hydrogen) atoms. The van der Waals surface area contributed by atoms with E-state index in [0.717, 1.165) is 23.1 Å². The molecule has 0 bridgehead atoms. The van der Waals surface area contributed by atoms with Crippen molar-refractivity contribution in [2.24, 2.45) is 0 Å². The fourth-order valence-corrected chi connectivity index (χ4v) is 3.58. The maximum atomic E-state index is 12.5. The summed E-state index contributed by atoms with van der Waals surface area (Å²) in [5.41, 5.74) is 2.31. The van der Waals surface area contributed by atoms with Crippen LogP contribution in [0.4, 0.5) is 5.82 Å². The lowest BCUT2D eigenvalue weighted by molar-refractivity contribution is -0.144. The summed E-state index contributed by atoms with van der Waals surface area (Å²) in [5.74, 6) is -1.78. The Morgan fingerprint density at radius 3 is 2.42 bits per heavy atom. The van der Waals surface area contributed by atoms with Crippen LogP contribution in [0.2, 0.25) is 0 Å². The number of benzene rings is 1. The zero-order chi connectivity index (χ0) is 23.8. The lowest BCUT2D eigenvalue weighted by Gasteiger charge is -2.11. The number of hydrogen-bond donors (Lipinski definition) is 1. The van der Waals surface area contributed by atoms with Crippen molar-refractivity contribution in [2.45, 2.75) is 25.9 Å². The fourth-order valence-electron chi connectivity index (χ4n) is 2.83. The minimum Gasteiger partial charge on any atom is -0.462 e. The topological polar surface area (TPSA) is 125 Å². The van der Waals surface area contributed by atoms with Crippen LogP contribution in [0, 0.1) is 13.8 Å². The smallest absolute Gasteiger partial charge is 0.343 e. The molecule has 0 unspecified atom stereocenters. The van der Waals surface area contributed by atoms with E-state index >= 15 is 0 Å². The number of aryl methyl sites for hydroxylation is 2. The van der Waals surface area contributed by atoms with Crippen LogP contribution in [0.25, 0.3) is 5.69 Å². The van der Waals surface area contributed by atoms with Crippen molar-refractivity contribution in [3.05, 3.63) is 59.5 Å². The Hall–Kier alpha value is -3.73. The lowest BCUT2D eigenvalue weighted by Crippen LogP contribution is -2.24. The molecule has 172 valence electrons. The molecule has 3 aromatic rings. The van der Waals surface area contributed by atoms with Gasteiger partial charge in [0.2, 0.25) is 0 Å². The molecule has 0 atom stereocenters. The third-order valence-electron chi connectivity index (χ3n) is 4.17. The first-order valence-electron chi connectivity index (χ1n) is 10.1. The number of esters is 2. The average molecular weight is 470 g/mol. The maximum absolute atomic E-state index is 12.5. The Labute approximate surface area is 194 Å². The van der Waals surface area contributed by atoms with Gasteiger partial charge >= 0.3 is 11.9 Å². The molecular weight excluding hydrogens is 446 g/mol. The number of anilines is 1. The van der Waals surface area contributed by atoms with Gasteiger partial charge < -0.3 is 14.8 Å². The van der Waals surface area contributed by atoms with Gasteiger partial charge in [0, 0.05) is 11.4 Å². The first-order chi connectivity index (χ1) is 15.9. The van der Waals surface area contributed by atoms with Gasteiger partial charge in [0.05, 0.1) is 24.2 Å². The molecule has 10 nitrogen and oxygen atoms in total. The van der Waals surface area contributed by atoms with Crippen LogP contribution in [-0.2, 0) is 19.1 Å². The molecule has 0 saturated carbocycles. The second kappa shape index (κ2) is 11.2. The van der Waals surface area contributed by atoms with Crippen LogP contribution in [0.5, 0.6) is 0 Å². The predicted molar refractivity (Wildman–Crippen MR) is 121 cm³/mol. The summed E-state index contributed by atoms with van der Waals surface area (Å²) < 4.78 is 11.5. The number of thioether (sulfide) groups is 1. The van der Waals surface area contributed by atoms with Crippen LogP contribution in [-0.4, -0.2) is 56.6 Å². The third-order valence-corrected chi connectivity index (χ3v) is 4.99. The van der Waals surface area contributed by atoms with E-state index in [9.17, 15) is 14.4 Å². The summed E-state index contributed by atoms with van der Waals surface area (Å²) in [6.07, 6.45) is 1.31. The van der Waals surface area contributed by atoms with Gasteiger partial charge in [0.1, 0.15) is 5.56 Å². The number of aromatic nitrogens is 4. The second-order valence-corrected chi connectivity index (χ2v) is 7.75. The van der Waals surface area contributed by atoms with Crippen LogP contribution in [0.15, 0.2) is 47.8 Å². The summed E-state index contributed by atoms with van der Waals surface area (Å²) in [5, 5.41) is 7.24. The molecule has 3 rings (SSSR count). The van der Waals surface area contributed by atoms with Crippen molar-refractivity contribution in [1.82, 2.24) is 19.7 Å². The number of nitrogens with one attached hydrogen (secondary N) is 1. The summed E-state index contributed by atoms with van der Waals surface area (Å²) in [7, 11) is 0. The van der Waals surface area contributed by atoms with Crippen LogP contribution in [0.3, 0.4) is 0 Å². The van der Waals surface area contributed by atoms with Crippen molar-refractivity contribution in [3.8, 4) is 5.69 Å². The highest BCUT2D eigenvalue weighted by molar-refractivity contribution is 7.99. The van der Waals surface area contributed by atoms with E-state index in [2.05, 4.69) is 20.4 Å². The van der Waals surface area contributed by atoms with Crippen molar-refractivity contribution in [2.75, 3.05) is 24.3 Å². The van der Waals surface area contributed by atoms with E-state index in [1.807, 2.05) is 26.0 Å². The Balaban J connectivity index is 1.63. The van der Waals surface area contributed by atoms with Crippen LogP contribution < -0.4 is 5.32 Å². The summed E-state index contributed by atoms with van der Waals surface area (Å²) in [6, 6.07) is 10.8. The molecule has 2 heterocycles. The van der Waals surface area contributed by atoms with Gasteiger partial charge in [-0.2, -0.15) is 5.10 Å². The highest BCUT2D eigenvalue weighted by Crippen LogP contribution is 2.21. The van der Waals surface area contributed by atoms with Crippen LogP contribution >= 0.6 is 11.8 Å². The van der Waals surface area contributed by atoms with Gasteiger partial charge in [-0.3, -0.25) is 9.59 Å². The highest BCUT2D eigenvalue weighted by Gasteiger charge is 2.22. The van der Waals surface area contributed by atoms with Crippen molar-refractivity contribution in [3.63, 3.8) is 0 Å². The first-order valence-corrected chi connectivity index (χ1v) is 11.1. The molecule has 1 aromatic carbocycles. The number of carbonyl (C=O) groups is 3. The molecule has 11 heteroatoms. The Morgan fingerprint density at radius 2 is 1.76 bits per heavy atom. The summed E-state index contributed by atoms with van der Waals surface area (Å²) in [6.45, 7) is 4.99. The average Bonchev–Trinajstić information content (AvgIpc) is 3.20. The van der Waals surface area contributed by atoms with Crippen LogP contribution in [0.1, 0.15) is 28.7 Å².